The molecule has 1 aliphatic heterocycles. The summed E-state index contributed by atoms with van der Waals surface area (Å²) in [6.07, 6.45) is 3.58. The van der Waals surface area contributed by atoms with E-state index in [1.54, 1.807) is 12.3 Å². The van der Waals surface area contributed by atoms with Gasteiger partial charge in [-0.25, -0.2) is 4.98 Å². The van der Waals surface area contributed by atoms with Crippen molar-refractivity contribution in [2.45, 2.75) is 33.9 Å². The highest BCUT2D eigenvalue weighted by Gasteiger charge is 2.21. The van der Waals surface area contributed by atoms with Crippen LogP contribution in [0.4, 0.5) is 0 Å². The molecule has 0 bridgehead atoms. The molecule has 2 aromatic heterocycles. The zero-order chi connectivity index (χ0) is 19.7. The average molecular weight is 379 g/mol. The van der Waals surface area contributed by atoms with Crippen LogP contribution in [0.15, 0.2) is 30.6 Å². The Bertz CT molecular complexity index is 998. The van der Waals surface area contributed by atoms with Gasteiger partial charge in [0.15, 0.2) is 11.5 Å². The molecule has 0 amide bonds. The molecule has 1 N–H and O–H groups in total. The average Bonchev–Trinajstić information content (AvgIpc) is 2.95. The maximum absolute atomic E-state index is 10.6. The first-order valence-electron chi connectivity index (χ1n) is 9.51. The summed E-state index contributed by atoms with van der Waals surface area (Å²) in [6, 6.07) is 5.79. The van der Waals surface area contributed by atoms with Crippen molar-refractivity contribution >= 4 is 0 Å². The Morgan fingerprint density at radius 2 is 2.04 bits per heavy atom. The van der Waals surface area contributed by atoms with Crippen LogP contribution in [-0.4, -0.2) is 49.5 Å². The van der Waals surface area contributed by atoms with E-state index in [1.807, 2.05) is 30.8 Å². The van der Waals surface area contributed by atoms with E-state index < -0.39 is 0 Å². The van der Waals surface area contributed by atoms with Crippen molar-refractivity contribution in [3.05, 3.63) is 53.2 Å². The Labute approximate surface area is 164 Å². The van der Waals surface area contributed by atoms with Crippen LogP contribution < -0.4 is 4.74 Å². The third-order valence-corrected chi connectivity index (χ3v) is 5.10. The van der Waals surface area contributed by atoms with E-state index in [-0.39, 0.29) is 5.75 Å². The van der Waals surface area contributed by atoms with E-state index in [0.29, 0.717) is 18.9 Å². The summed E-state index contributed by atoms with van der Waals surface area (Å²) in [5.41, 5.74) is 5.46. The number of benzene rings is 1. The van der Waals surface area contributed by atoms with Crippen molar-refractivity contribution in [3.8, 4) is 22.8 Å². The molecule has 0 unspecified atom stereocenters. The standard InChI is InChI=1S/C21H25N5O2/c1-14-12-22-16(3)20(24-14)17-10-18-13-25(6-7-26-15(2)4-5-23-26)8-9-28-21(18)19(27)11-17/h4-5,10-12,27H,6-9,13H2,1-3H3. The zero-order valence-corrected chi connectivity index (χ0v) is 16.5. The quantitative estimate of drug-likeness (QED) is 0.751. The number of aryl methyl sites for hydroxylation is 3. The molecule has 0 atom stereocenters. The second kappa shape index (κ2) is 7.59. The van der Waals surface area contributed by atoms with Crippen molar-refractivity contribution in [2.24, 2.45) is 0 Å². The molecule has 4 rings (SSSR count). The lowest BCUT2D eigenvalue weighted by molar-refractivity contribution is 0.214. The molecular formula is C21H25N5O2. The maximum atomic E-state index is 10.6. The molecule has 7 heteroatoms. The predicted molar refractivity (Wildman–Crippen MR) is 106 cm³/mol. The SMILES string of the molecule is Cc1cnc(C)c(-c2cc(O)c3c(c2)CN(CCn2nccc2C)CCO3)n1. The first-order valence-corrected chi connectivity index (χ1v) is 9.51. The minimum absolute atomic E-state index is 0.153. The fourth-order valence-electron chi connectivity index (χ4n) is 3.56. The molecule has 7 nitrogen and oxygen atoms in total. The molecule has 28 heavy (non-hydrogen) atoms. The highest BCUT2D eigenvalue weighted by molar-refractivity contribution is 5.67. The van der Waals surface area contributed by atoms with Crippen LogP contribution >= 0.6 is 0 Å². The fourth-order valence-corrected chi connectivity index (χ4v) is 3.56. The molecule has 1 aliphatic rings. The van der Waals surface area contributed by atoms with Crippen molar-refractivity contribution in [2.75, 3.05) is 19.7 Å². The lowest BCUT2D eigenvalue weighted by atomic mass is 10.0. The van der Waals surface area contributed by atoms with Crippen LogP contribution in [0, 0.1) is 20.8 Å². The van der Waals surface area contributed by atoms with Gasteiger partial charge < -0.3 is 9.84 Å². The number of hydrogen-bond acceptors (Lipinski definition) is 6. The smallest absolute Gasteiger partial charge is 0.165 e. The van der Waals surface area contributed by atoms with Crippen LogP contribution in [0.25, 0.3) is 11.3 Å². The summed E-state index contributed by atoms with van der Waals surface area (Å²) in [7, 11) is 0. The van der Waals surface area contributed by atoms with Gasteiger partial charge in [0, 0.05) is 48.8 Å². The molecule has 0 saturated heterocycles. The largest absolute Gasteiger partial charge is 0.504 e. The van der Waals surface area contributed by atoms with Gasteiger partial charge in [0.05, 0.1) is 23.6 Å². The molecule has 0 fully saturated rings. The predicted octanol–water partition coefficient (Wildman–Crippen LogP) is 2.87. The third kappa shape index (κ3) is 3.71. The number of phenolic OH excluding ortho intramolecular Hbond substituents is 1. The Kier molecular flexibility index (Phi) is 5.00. The number of ether oxygens (including phenoxy) is 1. The van der Waals surface area contributed by atoms with E-state index >= 15 is 0 Å². The number of fused-ring (bicyclic) bond motifs is 1. The second-order valence-corrected chi connectivity index (χ2v) is 7.25. The summed E-state index contributed by atoms with van der Waals surface area (Å²) in [4.78, 5) is 11.3. The maximum Gasteiger partial charge on any atom is 0.165 e. The number of rotatable bonds is 4. The molecule has 0 aliphatic carbocycles. The van der Waals surface area contributed by atoms with E-state index in [1.165, 1.54) is 0 Å². The Morgan fingerprint density at radius 3 is 2.82 bits per heavy atom. The highest BCUT2D eigenvalue weighted by atomic mass is 16.5. The van der Waals surface area contributed by atoms with E-state index in [2.05, 4.69) is 33.0 Å². The molecule has 3 aromatic rings. The Balaban J connectivity index is 1.61. The zero-order valence-electron chi connectivity index (χ0n) is 16.5. The first kappa shape index (κ1) is 18.4. The van der Waals surface area contributed by atoms with Crippen molar-refractivity contribution in [1.29, 1.82) is 0 Å². The molecule has 3 heterocycles. The molecular weight excluding hydrogens is 354 g/mol. The van der Waals surface area contributed by atoms with Crippen LogP contribution in [-0.2, 0) is 13.1 Å². The molecule has 146 valence electrons. The van der Waals surface area contributed by atoms with Crippen LogP contribution in [0.1, 0.15) is 22.6 Å². The molecule has 0 radical (unpaired) electrons. The number of hydrogen-bond donors (Lipinski definition) is 1. The van der Waals surface area contributed by atoms with Crippen LogP contribution in [0.2, 0.25) is 0 Å². The van der Waals surface area contributed by atoms with Gasteiger partial charge >= 0.3 is 0 Å². The van der Waals surface area contributed by atoms with E-state index in [9.17, 15) is 5.11 Å². The van der Waals surface area contributed by atoms with Crippen molar-refractivity contribution in [1.82, 2.24) is 24.6 Å². The van der Waals surface area contributed by atoms with Gasteiger partial charge in [-0.3, -0.25) is 14.6 Å². The van der Waals surface area contributed by atoms with Crippen molar-refractivity contribution < 1.29 is 9.84 Å². The van der Waals surface area contributed by atoms with Gasteiger partial charge in [-0.05, 0) is 39.0 Å². The van der Waals surface area contributed by atoms with Gasteiger partial charge in [0.25, 0.3) is 0 Å². The third-order valence-electron chi connectivity index (χ3n) is 5.10. The lowest BCUT2D eigenvalue weighted by Crippen LogP contribution is -2.29. The molecule has 1 aromatic carbocycles. The Morgan fingerprint density at radius 1 is 1.18 bits per heavy atom. The van der Waals surface area contributed by atoms with E-state index in [0.717, 1.165) is 53.5 Å². The fraction of sp³-hybridized carbons (Fsp3) is 0.381. The first-order chi connectivity index (χ1) is 13.5. The van der Waals surface area contributed by atoms with E-state index in [4.69, 9.17) is 4.74 Å². The van der Waals surface area contributed by atoms with Gasteiger partial charge in [-0.2, -0.15) is 5.10 Å². The second-order valence-electron chi connectivity index (χ2n) is 7.25. The minimum atomic E-state index is 0.153. The lowest BCUT2D eigenvalue weighted by Gasteiger charge is -2.20. The highest BCUT2D eigenvalue weighted by Crippen LogP contribution is 2.37. The Hall–Kier alpha value is -2.93. The molecule has 0 saturated carbocycles. The summed E-state index contributed by atoms with van der Waals surface area (Å²) >= 11 is 0. The van der Waals surface area contributed by atoms with Gasteiger partial charge in [0.2, 0.25) is 0 Å². The van der Waals surface area contributed by atoms with Crippen LogP contribution in [0.5, 0.6) is 11.5 Å². The summed E-state index contributed by atoms with van der Waals surface area (Å²) in [5.74, 6) is 0.722. The minimum Gasteiger partial charge on any atom is -0.504 e. The number of aromatic nitrogens is 4. The molecule has 0 spiro atoms. The number of nitrogens with zero attached hydrogens (tertiary/aromatic N) is 5. The number of phenols is 1. The van der Waals surface area contributed by atoms with Crippen LogP contribution in [0.3, 0.4) is 0 Å². The summed E-state index contributed by atoms with van der Waals surface area (Å²) in [6.45, 7) is 9.63. The van der Waals surface area contributed by atoms with Gasteiger partial charge in [-0.1, -0.05) is 0 Å². The summed E-state index contributed by atoms with van der Waals surface area (Å²) < 4.78 is 7.87. The van der Waals surface area contributed by atoms with Gasteiger partial charge in [0.1, 0.15) is 6.61 Å². The normalized spacial score (nSPS) is 14.4. The summed E-state index contributed by atoms with van der Waals surface area (Å²) in [5, 5.41) is 14.9. The monoisotopic (exact) mass is 379 g/mol. The van der Waals surface area contributed by atoms with Gasteiger partial charge in [-0.15, -0.1) is 0 Å². The number of aromatic hydroxyl groups is 1. The van der Waals surface area contributed by atoms with Crippen molar-refractivity contribution in [3.63, 3.8) is 0 Å². The topological polar surface area (TPSA) is 76.3 Å².